The van der Waals surface area contributed by atoms with Gasteiger partial charge in [-0.3, -0.25) is 0 Å². The van der Waals surface area contributed by atoms with Gasteiger partial charge >= 0.3 is 12.4 Å². The first kappa shape index (κ1) is 13.5. The van der Waals surface area contributed by atoms with Gasteiger partial charge in [0.2, 0.25) is 0 Å². The van der Waals surface area contributed by atoms with Gasteiger partial charge in [-0.25, -0.2) is 0 Å². The molecule has 0 heterocycles. The lowest BCUT2D eigenvalue weighted by atomic mass is 10.3. The Hall–Kier alpha value is -1.60. The van der Waals surface area contributed by atoms with Crippen LogP contribution in [0.4, 0.5) is 26.3 Å². The van der Waals surface area contributed by atoms with Crippen LogP contribution in [0.15, 0.2) is 24.3 Å². The Morgan fingerprint density at radius 2 is 1.29 bits per heavy atom. The quantitative estimate of drug-likeness (QED) is 0.827. The van der Waals surface area contributed by atoms with Gasteiger partial charge in [0.05, 0.1) is 0 Å². The number of ether oxygens (including phenoxy) is 1. The predicted octanol–water partition coefficient (Wildman–Crippen LogP) is 3.26. The Kier molecular flexibility index (Phi) is 3.44. The molecule has 1 aromatic carbocycles. The van der Waals surface area contributed by atoms with Crippen molar-refractivity contribution in [2.24, 2.45) is 0 Å². The lowest BCUT2D eigenvalue weighted by Crippen LogP contribution is -2.46. The molecule has 1 rings (SSSR count). The molecule has 0 unspecified atom stereocenters. The molecule has 8 heteroatoms. The first-order chi connectivity index (χ1) is 7.60. The third kappa shape index (κ3) is 3.72. The highest BCUT2D eigenvalue weighted by Crippen LogP contribution is 2.36. The summed E-state index contributed by atoms with van der Waals surface area (Å²) in [5, 5.41) is 8.81. The standard InChI is InChI=1S/C9H6F6O2/c10-8(11,12)7(9(13,14)15)17-6-3-1-5(16)2-4-6/h1-4,7,16H. The van der Waals surface area contributed by atoms with Crippen molar-refractivity contribution in [1.82, 2.24) is 0 Å². The Morgan fingerprint density at radius 1 is 0.882 bits per heavy atom. The maximum absolute atomic E-state index is 12.1. The van der Waals surface area contributed by atoms with Crippen molar-refractivity contribution in [3.63, 3.8) is 0 Å². The molecule has 2 nitrogen and oxygen atoms in total. The second kappa shape index (κ2) is 4.34. The molecular formula is C9H6F6O2. The summed E-state index contributed by atoms with van der Waals surface area (Å²) in [5.41, 5.74) is 0. The Labute approximate surface area is 91.4 Å². The van der Waals surface area contributed by atoms with Crippen molar-refractivity contribution in [3.05, 3.63) is 24.3 Å². The first-order valence-corrected chi connectivity index (χ1v) is 4.20. The summed E-state index contributed by atoms with van der Waals surface area (Å²) in [6.07, 6.45) is -15.0. The van der Waals surface area contributed by atoms with Gasteiger partial charge in [0.25, 0.3) is 6.10 Å². The molecule has 1 aromatic rings. The number of benzene rings is 1. The van der Waals surface area contributed by atoms with Crippen LogP contribution in [0, 0.1) is 0 Å². The lowest BCUT2D eigenvalue weighted by Gasteiger charge is -2.23. The van der Waals surface area contributed by atoms with Crippen molar-refractivity contribution >= 4 is 0 Å². The molecule has 0 saturated carbocycles. The largest absolute Gasteiger partial charge is 0.508 e. The number of aromatic hydroxyl groups is 1. The zero-order chi connectivity index (χ0) is 13.3. The van der Waals surface area contributed by atoms with E-state index in [1.54, 1.807) is 0 Å². The molecule has 96 valence electrons. The third-order valence-corrected chi connectivity index (χ3v) is 1.69. The molecule has 1 N–H and O–H groups in total. The van der Waals surface area contributed by atoms with Crippen LogP contribution < -0.4 is 4.74 Å². The topological polar surface area (TPSA) is 29.5 Å². The van der Waals surface area contributed by atoms with E-state index >= 15 is 0 Å². The number of phenols is 1. The minimum absolute atomic E-state index is 0.298. The van der Waals surface area contributed by atoms with Crippen LogP contribution >= 0.6 is 0 Å². The molecule has 0 fully saturated rings. The normalized spacial score (nSPS) is 12.9. The van der Waals surface area contributed by atoms with E-state index in [0.29, 0.717) is 0 Å². The molecule has 0 amide bonds. The molecule has 0 radical (unpaired) electrons. The van der Waals surface area contributed by atoms with E-state index in [0.717, 1.165) is 24.3 Å². The van der Waals surface area contributed by atoms with Crippen molar-refractivity contribution in [3.8, 4) is 11.5 Å². The summed E-state index contributed by atoms with van der Waals surface area (Å²) in [6, 6.07) is 3.44. The van der Waals surface area contributed by atoms with E-state index in [1.807, 2.05) is 0 Å². The highest BCUT2D eigenvalue weighted by atomic mass is 19.4. The van der Waals surface area contributed by atoms with Crippen LogP contribution in [0.1, 0.15) is 0 Å². The van der Waals surface area contributed by atoms with Gasteiger partial charge in [-0.1, -0.05) is 0 Å². The zero-order valence-electron chi connectivity index (χ0n) is 8.01. The maximum atomic E-state index is 12.1. The van der Waals surface area contributed by atoms with Gasteiger partial charge in [-0.2, -0.15) is 26.3 Å². The van der Waals surface area contributed by atoms with Crippen LogP contribution in [-0.4, -0.2) is 23.6 Å². The number of hydrogen-bond acceptors (Lipinski definition) is 2. The molecule has 0 atom stereocenters. The van der Waals surface area contributed by atoms with Gasteiger partial charge in [-0.05, 0) is 24.3 Å². The highest BCUT2D eigenvalue weighted by Gasteiger charge is 2.59. The van der Waals surface area contributed by atoms with E-state index < -0.39 is 24.2 Å². The molecule has 0 aliphatic carbocycles. The summed E-state index contributed by atoms with van der Waals surface area (Å²) in [5.74, 6) is -0.935. The Morgan fingerprint density at radius 3 is 1.65 bits per heavy atom. The lowest BCUT2D eigenvalue weighted by molar-refractivity contribution is -0.299. The van der Waals surface area contributed by atoms with Crippen molar-refractivity contribution in [2.45, 2.75) is 18.5 Å². The van der Waals surface area contributed by atoms with Crippen LogP contribution in [0.5, 0.6) is 11.5 Å². The Balaban J connectivity index is 2.92. The smallest absolute Gasteiger partial charge is 0.434 e. The summed E-state index contributed by atoms with van der Waals surface area (Å²) in [7, 11) is 0. The molecule has 0 aliphatic heterocycles. The monoisotopic (exact) mass is 260 g/mol. The molecule has 0 aromatic heterocycles. The van der Waals surface area contributed by atoms with Crippen LogP contribution in [0.25, 0.3) is 0 Å². The average molecular weight is 260 g/mol. The summed E-state index contributed by atoms with van der Waals surface area (Å²) in [6.45, 7) is 0. The van der Waals surface area contributed by atoms with Gasteiger partial charge in [0.15, 0.2) is 0 Å². The minimum Gasteiger partial charge on any atom is -0.508 e. The molecule has 17 heavy (non-hydrogen) atoms. The number of halogens is 6. The van der Waals surface area contributed by atoms with E-state index in [1.165, 1.54) is 0 Å². The summed E-state index contributed by atoms with van der Waals surface area (Å²) in [4.78, 5) is 0. The third-order valence-electron chi connectivity index (χ3n) is 1.69. The number of rotatable bonds is 2. The van der Waals surface area contributed by atoms with Crippen molar-refractivity contribution in [1.29, 1.82) is 0 Å². The second-order valence-corrected chi connectivity index (χ2v) is 3.08. The maximum Gasteiger partial charge on any atom is 0.434 e. The van der Waals surface area contributed by atoms with Gasteiger partial charge in [-0.15, -0.1) is 0 Å². The number of phenolic OH excluding ortho intramolecular Hbond substituents is 1. The Bertz CT molecular complexity index is 353. The van der Waals surface area contributed by atoms with Crippen LogP contribution in [0.3, 0.4) is 0 Å². The summed E-state index contributed by atoms with van der Waals surface area (Å²) >= 11 is 0. The second-order valence-electron chi connectivity index (χ2n) is 3.08. The number of alkyl halides is 6. The molecule has 0 bridgehead atoms. The van der Waals surface area contributed by atoms with Gasteiger partial charge < -0.3 is 9.84 Å². The predicted molar refractivity (Wildman–Crippen MR) is 44.6 cm³/mol. The van der Waals surface area contributed by atoms with E-state index in [9.17, 15) is 26.3 Å². The van der Waals surface area contributed by atoms with Gasteiger partial charge in [0.1, 0.15) is 11.5 Å². The molecule has 0 spiro atoms. The molecule has 0 saturated heterocycles. The fraction of sp³-hybridized carbons (Fsp3) is 0.333. The fourth-order valence-electron chi connectivity index (χ4n) is 0.980. The fourth-order valence-corrected chi connectivity index (χ4v) is 0.980. The van der Waals surface area contributed by atoms with Crippen molar-refractivity contribution < 1.29 is 36.2 Å². The van der Waals surface area contributed by atoms with E-state index in [-0.39, 0.29) is 5.75 Å². The van der Waals surface area contributed by atoms with E-state index in [4.69, 9.17) is 5.11 Å². The van der Waals surface area contributed by atoms with Crippen molar-refractivity contribution in [2.75, 3.05) is 0 Å². The van der Waals surface area contributed by atoms with Gasteiger partial charge in [0, 0.05) is 0 Å². The van der Waals surface area contributed by atoms with E-state index in [2.05, 4.69) is 4.74 Å². The zero-order valence-corrected chi connectivity index (χ0v) is 8.01. The average Bonchev–Trinajstić information content (AvgIpc) is 2.13. The molecular weight excluding hydrogens is 254 g/mol. The minimum atomic E-state index is -5.56. The highest BCUT2D eigenvalue weighted by molar-refractivity contribution is 5.30. The SMILES string of the molecule is Oc1ccc(OC(C(F)(F)F)C(F)(F)F)cc1. The number of hydrogen-bond donors (Lipinski definition) is 1. The molecule has 0 aliphatic rings. The van der Waals surface area contributed by atoms with Crippen LogP contribution in [0.2, 0.25) is 0 Å². The summed E-state index contributed by atoms with van der Waals surface area (Å²) < 4.78 is 76.4. The first-order valence-electron chi connectivity index (χ1n) is 4.20. The van der Waals surface area contributed by atoms with Crippen LogP contribution in [-0.2, 0) is 0 Å².